The molecule has 0 aromatic heterocycles. The quantitative estimate of drug-likeness (QED) is 0.364. The van der Waals surface area contributed by atoms with Crippen molar-refractivity contribution < 1.29 is 9.85 Å². The van der Waals surface area contributed by atoms with Gasteiger partial charge in [0.15, 0.2) is 0 Å². The molecule has 0 aliphatic heterocycles. The monoisotopic (exact) mass is 148 g/mol. The minimum absolute atomic E-state index is 1.13. The molecule has 0 amide bonds. The van der Waals surface area contributed by atoms with Crippen LogP contribution in [0.1, 0.15) is 0 Å². The maximum Gasteiger partial charge on any atom is 0.408 e. The van der Waals surface area contributed by atoms with Gasteiger partial charge >= 0.3 is 11.6 Å². The van der Waals surface area contributed by atoms with Gasteiger partial charge in [0.1, 0.15) is 0 Å². The van der Waals surface area contributed by atoms with Crippen LogP contribution in [-0.4, -0.2) is 9.85 Å². The number of hydrogen-bond acceptors (Lipinski definition) is 6. The summed E-state index contributed by atoms with van der Waals surface area (Å²) in [6.45, 7) is 0. The highest BCUT2D eigenvalue weighted by Crippen LogP contribution is 1.91. The lowest BCUT2D eigenvalue weighted by Gasteiger charge is -1.94. The van der Waals surface area contributed by atoms with Crippen molar-refractivity contribution in [2.24, 2.45) is 11.5 Å². The fourth-order valence-corrected chi connectivity index (χ4v) is 0.187. The molecule has 0 saturated carbocycles. The first kappa shape index (κ1) is 8.14. The smallest absolute Gasteiger partial charge is 0.358 e. The van der Waals surface area contributed by atoms with Crippen LogP contribution < -0.4 is 11.5 Å². The van der Waals surface area contributed by atoms with Gasteiger partial charge in [0.25, 0.3) is 0 Å². The molecule has 10 heavy (non-hydrogen) atoms. The van der Waals surface area contributed by atoms with E-state index < -0.39 is 21.5 Å². The summed E-state index contributed by atoms with van der Waals surface area (Å²) in [5.74, 6) is -2.30. The van der Waals surface area contributed by atoms with Crippen molar-refractivity contribution in [3.05, 3.63) is 31.9 Å². The molecule has 0 bridgehead atoms. The summed E-state index contributed by atoms with van der Waals surface area (Å²) in [4.78, 5) is 17.1. The van der Waals surface area contributed by atoms with Crippen LogP contribution >= 0.6 is 0 Å². The number of rotatable bonds is 2. The summed E-state index contributed by atoms with van der Waals surface area (Å²) in [6.07, 6.45) is 0. The molecule has 0 radical (unpaired) electrons. The molecule has 56 valence electrons. The van der Waals surface area contributed by atoms with Crippen molar-refractivity contribution >= 4 is 0 Å². The normalized spacial score (nSPS) is 12.0. The standard InChI is InChI=1S/C2H4N4O4/c3-1(5(7)8)2(4)6(9)10/h3-4H2. The molecule has 0 aromatic carbocycles. The Balaban J connectivity index is 4.67. The molecule has 0 rings (SSSR count). The fourth-order valence-electron chi connectivity index (χ4n) is 0.187. The second kappa shape index (κ2) is 2.62. The molecule has 4 N–H and O–H groups in total. The zero-order valence-corrected chi connectivity index (χ0v) is 4.68. The van der Waals surface area contributed by atoms with Gasteiger partial charge in [-0.2, -0.15) is 0 Å². The van der Waals surface area contributed by atoms with Gasteiger partial charge in [-0.05, 0) is 9.85 Å². The number of nitrogens with two attached hydrogens (primary N) is 2. The molecule has 0 atom stereocenters. The van der Waals surface area contributed by atoms with E-state index in [1.54, 1.807) is 0 Å². The Kier molecular flexibility index (Phi) is 2.13. The Labute approximate surface area is 54.4 Å². The summed E-state index contributed by atoms with van der Waals surface area (Å²) in [7, 11) is 0. The topological polar surface area (TPSA) is 138 Å². The van der Waals surface area contributed by atoms with Gasteiger partial charge in [0, 0.05) is 0 Å². The zero-order chi connectivity index (χ0) is 8.31. The van der Waals surface area contributed by atoms with Gasteiger partial charge in [0.2, 0.25) is 0 Å². The van der Waals surface area contributed by atoms with Gasteiger partial charge in [-0.25, -0.2) is 0 Å². The van der Waals surface area contributed by atoms with Crippen molar-refractivity contribution in [2.45, 2.75) is 0 Å². The molecule has 0 heterocycles. The van der Waals surface area contributed by atoms with Gasteiger partial charge in [0.05, 0.1) is 0 Å². The lowest BCUT2D eigenvalue weighted by atomic mass is 10.7. The third kappa shape index (κ3) is 1.58. The van der Waals surface area contributed by atoms with E-state index >= 15 is 0 Å². The minimum Gasteiger partial charge on any atom is -0.358 e. The van der Waals surface area contributed by atoms with Crippen molar-refractivity contribution in [1.82, 2.24) is 0 Å². The van der Waals surface area contributed by atoms with E-state index in [4.69, 9.17) is 0 Å². The second-order valence-electron chi connectivity index (χ2n) is 1.28. The van der Waals surface area contributed by atoms with Crippen molar-refractivity contribution in [3.63, 3.8) is 0 Å². The highest BCUT2D eigenvalue weighted by molar-refractivity contribution is 4.88. The number of hydrogen-bond donors (Lipinski definition) is 2. The lowest BCUT2D eigenvalue weighted by molar-refractivity contribution is -0.473. The first-order chi connectivity index (χ1) is 4.46. The zero-order valence-electron chi connectivity index (χ0n) is 4.68. The molecule has 8 heteroatoms. The van der Waals surface area contributed by atoms with E-state index in [9.17, 15) is 20.2 Å². The van der Waals surface area contributed by atoms with Gasteiger partial charge in [-0.15, -0.1) is 0 Å². The average Bonchev–Trinajstić information content (AvgIpc) is 1.84. The first-order valence-electron chi connectivity index (χ1n) is 2.00. The molecular weight excluding hydrogens is 144 g/mol. The average molecular weight is 148 g/mol. The molecule has 0 aliphatic rings. The Bertz CT molecular complexity index is 185. The van der Waals surface area contributed by atoms with E-state index in [1.807, 2.05) is 0 Å². The highest BCUT2D eigenvalue weighted by Gasteiger charge is 2.16. The van der Waals surface area contributed by atoms with E-state index in [2.05, 4.69) is 11.5 Å². The molecule has 0 aliphatic carbocycles. The van der Waals surface area contributed by atoms with Crippen LogP contribution in [0, 0.1) is 20.2 Å². The van der Waals surface area contributed by atoms with Crippen LogP contribution in [-0.2, 0) is 0 Å². The Hall–Kier alpha value is -1.86. The highest BCUT2D eigenvalue weighted by atomic mass is 16.6. The van der Waals surface area contributed by atoms with Crippen molar-refractivity contribution in [3.8, 4) is 0 Å². The van der Waals surface area contributed by atoms with Crippen LogP contribution in [0.4, 0.5) is 0 Å². The molecule has 0 unspecified atom stereocenters. The molecule has 0 spiro atoms. The number of nitro groups is 2. The van der Waals surface area contributed by atoms with Crippen LogP contribution in [0.5, 0.6) is 0 Å². The number of nitrogens with zero attached hydrogens (tertiary/aromatic N) is 2. The third-order valence-corrected chi connectivity index (χ3v) is 0.656. The van der Waals surface area contributed by atoms with Gasteiger partial charge < -0.3 is 20.2 Å². The minimum atomic E-state index is -1.15. The maximum absolute atomic E-state index is 9.68. The summed E-state index contributed by atoms with van der Waals surface area (Å²) in [6, 6.07) is 0. The Morgan fingerprint density at radius 1 is 1.00 bits per heavy atom. The predicted octanol–water partition coefficient (Wildman–Crippen LogP) is -1.42. The molecule has 8 nitrogen and oxygen atoms in total. The fraction of sp³-hybridized carbons (Fsp3) is 0. The van der Waals surface area contributed by atoms with Crippen molar-refractivity contribution in [2.75, 3.05) is 0 Å². The molecule has 0 saturated heterocycles. The third-order valence-electron chi connectivity index (χ3n) is 0.656. The summed E-state index contributed by atoms with van der Waals surface area (Å²) >= 11 is 0. The van der Waals surface area contributed by atoms with E-state index in [0.717, 1.165) is 0 Å². The predicted molar refractivity (Wildman–Crippen MR) is 29.4 cm³/mol. The lowest BCUT2D eigenvalue weighted by Crippen LogP contribution is -2.21. The maximum atomic E-state index is 9.68. The van der Waals surface area contributed by atoms with Crippen LogP contribution in [0.3, 0.4) is 0 Å². The Morgan fingerprint density at radius 3 is 1.30 bits per heavy atom. The molecule has 0 fully saturated rings. The Morgan fingerprint density at radius 2 is 1.20 bits per heavy atom. The SMILES string of the molecule is NC(=C(N)[N+](=O)[O-])[N+](=O)[O-]. The second-order valence-corrected chi connectivity index (χ2v) is 1.28. The van der Waals surface area contributed by atoms with Crippen LogP contribution in [0.2, 0.25) is 0 Å². The summed E-state index contributed by atoms with van der Waals surface area (Å²) in [5, 5.41) is 19.4. The van der Waals surface area contributed by atoms with Crippen LogP contribution in [0.15, 0.2) is 11.6 Å². The summed E-state index contributed by atoms with van der Waals surface area (Å²) in [5.41, 5.74) is 9.15. The summed E-state index contributed by atoms with van der Waals surface area (Å²) < 4.78 is 0. The molecular formula is C2H4N4O4. The van der Waals surface area contributed by atoms with E-state index in [-0.39, 0.29) is 0 Å². The largest absolute Gasteiger partial charge is 0.408 e. The van der Waals surface area contributed by atoms with E-state index in [1.165, 1.54) is 0 Å². The van der Waals surface area contributed by atoms with Crippen molar-refractivity contribution in [1.29, 1.82) is 0 Å². The van der Waals surface area contributed by atoms with Gasteiger partial charge in [-0.1, -0.05) is 0 Å². The van der Waals surface area contributed by atoms with Gasteiger partial charge in [-0.3, -0.25) is 11.5 Å². The van der Waals surface area contributed by atoms with Crippen LogP contribution in [0.25, 0.3) is 0 Å². The first-order valence-corrected chi connectivity index (χ1v) is 2.00. The van der Waals surface area contributed by atoms with E-state index in [0.29, 0.717) is 0 Å². The molecule has 0 aromatic rings.